The van der Waals surface area contributed by atoms with Gasteiger partial charge in [0.25, 0.3) is 0 Å². The van der Waals surface area contributed by atoms with Crippen LogP contribution in [-0.4, -0.2) is 171 Å². The first-order chi connectivity index (χ1) is 37.3. The Morgan fingerprint density at radius 3 is 1.45 bits per heavy atom. The van der Waals surface area contributed by atoms with E-state index in [1.807, 2.05) is 38.3 Å². The molecule has 5 rings (SSSR count). The minimum atomic E-state index is -1.44. The standard InChI is InChI=1S/C49H68N16O10S3/c1-25(2)11-35(60-47(72)38(14-29-18-52-23-56-29)62-43(68)34(9-10-78-4)59-42(67)32(50)20-76)45(70)61-36(12-27-16-54-33-8-6-5-7-31(27)33)46(71)64-39(15-30-19-53-24-57-30)48(73)63-37(13-28-17-51-22-55-28)44(69)58-26(3)41(66)65-40(21-77)49(74)75/h5-8,16-19,22-26,32,34-40,54,76-77H,9-15,20-21,50H2,1-4H3,(H,51,55)(H,52,56)(H,53,57)(H,58,69)(H,59,67)(H,60,72)(H,61,70)(H,62,68)(H,63,73)(H,64,71)(H,65,66)(H,74,75)/t26-,32-,34-,35-,36-,37-,38-,39-,40-/m0/s1. The average Bonchev–Trinajstić information content (AvgIpc) is 4.29. The molecular weight excluding hydrogens is 1070 g/mol. The first-order valence-electron chi connectivity index (χ1n) is 24.9. The number of nitrogens with two attached hydrogens (primary N) is 1. The van der Waals surface area contributed by atoms with Gasteiger partial charge in [-0.3, -0.25) is 38.4 Å². The van der Waals surface area contributed by atoms with Crippen LogP contribution in [0.4, 0.5) is 0 Å². The SMILES string of the molecule is CSCC[C@H](NC(=O)[C@@H](N)CS)C(=O)N[C@@H](Cc1cnc[nH]1)C(=O)N[C@@H](CC(C)C)C(=O)N[C@@H](Cc1c[nH]c2ccccc12)C(=O)N[C@@H](Cc1cnc[nH]1)C(=O)N[C@@H](Cc1cnc[nH]1)C(=O)N[C@@H](C)C(=O)N[C@@H](CS)C(=O)O. The van der Waals surface area contributed by atoms with E-state index >= 15 is 0 Å². The molecule has 0 spiro atoms. The fraction of sp³-hybridized carbons (Fsp3) is 0.469. The third-order valence-electron chi connectivity index (χ3n) is 12.2. The summed E-state index contributed by atoms with van der Waals surface area (Å²) in [5.41, 5.74) is 8.54. The molecule has 0 unspecified atom stereocenters. The summed E-state index contributed by atoms with van der Waals surface area (Å²) in [6.45, 7) is 4.98. The van der Waals surface area contributed by atoms with Crippen LogP contribution in [0.3, 0.4) is 0 Å². The molecule has 0 aliphatic heterocycles. The Kier molecular flexibility index (Phi) is 24.1. The van der Waals surface area contributed by atoms with Crippen LogP contribution in [0.25, 0.3) is 10.9 Å². The van der Waals surface area contributed by atoms with Gasteiger partial charge >= 0.3 is 5.97 Å². The van der Waals surface area contributed by atoms with Crippen molar-refractivity contribution in [3.8, 4) is 0 Å². The molecule has 0 aliphatic rings. The minimum absolute atomic E-state index is 0.0215. The van der Waals surface area contributed by atoms with Gasteiger partial charge in [0.1, 0.15) is 48.3 Å². The van der Waals surface area contributed by atoms with Crippen LogP contribution in [0.15, 0.2) is 68.0 Å². The quantitative estimate of drug-likeness (QED) is 0.0220. The molecule has 0 fully saturated rings. The lowest BCUT2D eigenvalue weighted by atomic mass is 9.99. The fourth-order valence-electron chi connectivity index (χ4n) is 8.00. The molecule has 422 valence electrons. The molecule has 9 atom stereocenters. The number of fused-ring (bicyclic) bond motifs is 1. The maximum Gasteiger partial charge on any atom is 0.327 e. The lowest BCUT2D eigenvalue weighted by Crippen LogP contribution is -2.61. The second kappa shape index (κ2) is 30.5. The average molecular weight is 1140 g/mol. The van der Waals surface area contributed by atoms with Gasteiger partial charge in [0.05, 0.1) is 25.0 Å². The van der Waals surface area contributed by atoms with E-state index in [-0.39, 0.29) is 55.9 Å². The van der Waals surface area contributed by atoms with E-state index in [0.29, 0.717) is 28.4 Å². The van der Waals surface area contributed by atoms with Crippen molar-refractivity contribution in [2.45, 2.75) is 114 Å². The third-order valence-corrected chi connectivity index (χ3v) is 13.6. The molecule has 0 bridgehead atoms. The Balaban J connectivity index is 1.43. The predicted octanol–water partition coefficient (Wildman–Crippen LogP) is -1.42. The van der Waals surface area contributed by atoms with Crippen molar-refractivity contribution in [3.63, 3.8) is 0 Å². The zero-order valence-electron chi connectivity index (χ0n) is 43.3. The number of para-hydroxylation sites is 1. The summed E-state index contributed by atoms with van der Waals surface area (Å²) in [5.74, 6) is -7.45. The highest BCUT2D eigenvalue weighted by Gasteiger charge is 2.36. The number of hydrogen-bond acceptors (Lipinski definition) is 16. The Hall–Kier alpha value is -7.37. The molecular formula is C49H68N16O10S3. The van der Waals surface area contributed by atoms with Crippen molar-refractivity contribution in [1.29, 1.82) is 0 Å². The smallest absolute Gasteiger partial charge is 0.327 e. The summed E-state index contributed by atoms with van der Waals surface area (Å²) < 4.78 is 0. The maximum atomic E-state index is 14.9. The van der Waals surface area contributed by atoms with Crippen LogP contribution in [-0.2, 0) is 68.8 Å². The van der Waals surface area contributed by atoms with E-state index in [1.54, 1.807) is 12.3 Å². The van der Waals surface area contributed by atoms with Crippen molar-refractivity contribution in [2.24, 2.45) is 11.7 Å². The van der Waals surface area contributed by atoms with Crippen LogP contribution in [0, 0.1) is 5.92 Å². The molecule has 4 heterocycles. The molecule has 0 saturated heterocycles. The molecule has 5 aromatic rings. The molecule has 78 heavy (non-hydrogen) atoms. The van der Waals surface area contributed by atoms with Gasteiger partial charge in [-0.25, -0.2) is 19.7 Å². The summed E-state index contributed by atoms with van der Waals surface area (Å²) >= 11 is 9.51. The number of thiol groups is 2. The minimum Gasteiger partial charge on any atom is -0.480 e. The Bertz CT molecular complexity index is 2780. The van der Waals surface area contributed by atoms with Crippen LogP contribution in [0.2, 0.25) is 0 Å². The number of H-pyrrole nitrogens is 4. The zero-order chi connectivity index (χ0) is 56.9. The van der Waals surface area contributed by atoms with Crippen molar-refractivity contribution >= 4 is 101 Å². The zero-order valence-corrected chi connectivity index (χ0v) is 45.9. The van der Waals surface area contributed by atoms with Gasteiger partial charge < -0.3 is 73.3 Å². The monoisotopic (exact) mass is 1140 g/mol. The number of nitrogens with one attached hydrogen (secondary N) is 12. The van der Waals surface area contributed by atoms with Crippen LogP contribution < -0.4 is 48.3 Å². The molecule has 8 amide bonds. The van der Waals surface area contributed by atoms with E-state index in [1.165, 1.54) is 56.3 Å². The fourth-order valence-corrected chi connectivity index (χ4v) is 8.88. The summed E-state index contributed by atoms with van der Waals surface area (Å²) in [5, 5.41) is 31.4. The molecule has 0 saturated carbocycles. The molecule has 29 heteroatoms. The highest BCUT2D eigenvalue weighted by Crippen LogP contribution is 2.20. The molecule has 26 nitrogen and oxygen atoms in total. The van der Waals surface area contributed by atoms with E-state index in [0.717, 1.165) is 10.9 Å². The van der Waals surface area contributed by atoms with Gasteiger partial charge in [-0.1, -0.05) is 32.0 Å². The highest BCUT2D eigenvalue weighted by molar-refractivity contribution is 7.98. The summed E-state index contributed by atoms with van der Waals surface area (Å²) in [4.78, 5) is 148. The number of carbonyl (C=O) groups excluding carboxylic acids is 8. The highest BCUT2D eigenvalue weighted by atomic mass is 32.2. The number of imidazole rings is 3. The van der Waals surface area contributed by atoms with Crippen LogP contribution >= 0.6 is 37.0 Å². The molecule has 15 N–H and O–H groups in total. The van der Waals surface area contributed by atoms with Gasteiger partial charge in [0.15, 0.2) is 0 Å². The Morgan fingerprint density at radius 1 is 0.564 bits per heavy atom. The number of aliphatic carboxylic acids is 1. The normalized spacial score (nSPS) is 14.8. The second-order valence-corrected chi connectivity index (χ2v) is 20.5. The summed E-state index contributed by atoms with van der Waals surface area (Å²) in [6, 6.07) is -4.26. The first kappa shape index (κ1) is 61.5. The number of aromatic amines is 4. The number of carboxylic acid groups (broad SMARTS) is 1. The van der Waals surface area contributed by atoms with Gasteiger partial charge in [-0.05, 0) is 49.3 Å². The molecule has 0 aliphatic carbocycles. The number of benzene rings is 1. The maximum absolute atomic E-state index is 14.9. The van der Waals surface area contributed by atoms with Crippen molar-refractivity contribution < 1.29 is 48.3 Å². The van der Waals surface area contributed by atoms with Gasteiger partial charge in [-0.2, -0.15) is 37.0 Å². The van der Waals surface area contributed by atoms with E-state index in [9.17, 15) is 48.3 Å². The largest absolute Gasteiger partial charge is 0.480 e. The molecule has 4 aromatic heterocycles. The van der Waals surface area contributed by atoms with Gasteiger partial charge in [-0.15, -0.1) is 0 Å². The van der Waals surface area contributed by atoms with E-state index < -0.39 is 108 Å². The lowest BCUT2D eigenvalue weighted by Gasteiger charge is -2.28. The summed E-state index contributed by atoms with van der Waals surface area (Å²) in [6.07, 6.45) is 11.7. The molecule has 1 aromatic carbocycles. The van der Waals surface area contributed by atoms with E-state index in [4.69, 9.17) is 5.73 Å². The van der Waals surface area contributed by atoms with Crippen molar-refractivity contribution in [2.75, 3.05) is 23.5 Å². The van der Waals surface area contributed by atoms with Crippen molar-refractivity contribution in [1.82, 2.24) is 77.4 Å². The number of nitrogens with zero attached hydrogens (tertiary/aromatic N) is 3. The Morgan fingerprint density at radius 2 is 1.00 bits per heavy atom. The second-order valence-electron chi connectivity index (χ2n) is 18.8. The number of carbonyl (C=O) groups is 9. The van der Waals surface area contributed by atoms with Crippen molar-refractivity contribution in [3.05, 3.63) is 90.7 Å². The van der Waals surface area contributed by atoms with Gasteiger partial charge in [0, 0.05) is 90.0 Å². The number of hydrogen-bond donors (Lipinski definition) is 16. The number of carboxylic acids is 1. The van der Waals surface area contributed by atoms with E-state index in [2.05, 4.69) is 103 Å². The molecule has 0 radical (unpaired) electrons. The predicted molar refractivity (Wildman–Crippen MR) is 296 cm³/mol. The first-order valence-corrected chi connectivity index (χ1v) is 27.5. The number of aromatic nitrogens is 7. The Labute approximate surface area is 464 Å². The lowest BCUT2D eigenvalue weighted by molar-refractivity contribution is -0.141. The number of thioether (sulfide) groups is 1. The number of rotatable bonds is 32. The third kappa shape index (κ3) is 18.7. The van der Waals surface area contributed by atoms with Crippen LogP contribution in [0.1, 0.15) is 56.3 Å². The summed E-state index contributed by atoms with van der Waals surface area (Å²) in [7, 11) is 0. The van der Waals surface area contributed by atoms with Gasteiger partial charge in [0.2, 0.25) is 47.3 Å². The number of amides is 8. The topological polar surface area (TPSA) is 398 Å². The van der Waals surface area contributed by atoms with Crippen LogP contribution in [0.5, 0.6) is 0 Å².